The summed E-state index contributed by atoms with van der Waals surface area (Å²) < 4.78 is 22.8. The molecule has 0 radical (unpaired) electrons. The van der Waals surface area contributed by atoms with Gasteiger partial charge in [0.1, 0.15) is 0 Å². The zero-order valence-corrected chi connectivity index (χ0v) is 9.59. The first kappa shape index (κ1) is 12.4. The van der Waals surface area contributed by atoms with Crippen molar-refractivity contribution in [2.24, 2.45) is 11.1 Å². The largest absolute Gasteiger partial charge is 0.481 e. The van der Waals surface area contributed by atoms with Crippen molar-refractivity contribution in [1.82, 2.24) is 0 Å². The summed E-state index contributed by atoms with van der Waals surface area (Å²) in [4.78, 5) is 10.7. The van der Waals surface area contributed by atoms with Gasteiger partial charge in [-0.2, -0.15) is 0 Å². The van der Waals surface area contributed by atoms with E-state index in [2.05, 4.69) is 0 Å². The lowest BCUT2D eigenvalue weighted by molar-refractivity contribution is -0.139. The number of nitrogens with two attached hydrogens (primary N) is 1. The van der Waals surface area contributed by atoms with Gasteiger partial charge >= 0.3 is 5.97 Å². The molecule has 0 aromatic heterocycles. The van der Waals surface area contributed by atoms with Crippen LogP contribution in [0.3, 0.4) is 0 Å². The molecule has 1 fully saturated rings. The number of hydrogen-bond donors (Lipinski definition) is 2. The molecule has 2 atom stereocenters. The standard InChI is InChI=1S/C9H17NO4S/c1-2-7(10)9(5-8(11)12)3-4-15(13,14)6-9/h7H,2-6,10H2,1H3,(H,11,12). The third-order valence-electron chi connectivity index (χ3n) is 3.15. The maximum atomic E-state index is 11.4. The Hall–Kier alpha value is -0.620. The third kappa shape index (κ3) is 2.69. The number of carbonyl (C=O) groups is 1. The van der Waals surface area contributed by atoms with Gasteiger partial charge in [0.2, 0.25) is 0 Å². The van der Waals surface area contributed by atoms with Gasteiger partial charge in [-0.1, -0.05) is 6.92 Å². The normalized spacial score (nSPS) is 31.3. The van der Waals surface area contributed by atoms with E-state index < -0.39 is 21.2 Å². The van der Waals surface area contributed by atoms with Crippen LogP contribution in [0, 0.1) is 5.41 Å². The Morgan fingerprint density at radius 3 is 2.53 bits per heavy atom. The van der Waals surface area contributed by atoms with Crippen LogP contribution < -0.4 is 5.73 Å². The van der Waals surface area contributed by atoms with Crippen molar-refractivity contribution in [1.29, 1.82) is 0 Å². The first-order chi connectivity index (χ1) is 6.81. The van der Waals surface area contributed by atoms with Crippen molar-refractivity contribution in [3.8, 4) is 0 Å². The fraction of sp³-hybridized carbons (Fsp3) is 0.889. The molecular weight excluding hydrogens is 218 g/mol. The molecule has 15 heavy (non-hydrogen) atoms. The zero-order valence-electron chi connectivity index (χ0n) is 8.77. The Morgan fingerprint density at radius 2 is 2.20 bits per heavy atom. The predicted molar refractivity (Wildman–Crippen MR) is 56.2 cm³/mol. The Balaban J connectivity index is 2.94. The second-order valence-electron chi connectivity index (χ2n) is 4.29. The monoisotopic (exact) mass is 235 g/mol. The maximum absolute atomic E-state index is 11.4. The maximum Gasteiger partial charge on any atom is 0.304 e. The lowest BCUT2D eigenvalue weighted by Crippen LogP contribution is -2.43. The van der Waals surface area contributed by atoms with Crippen molar-refractivity contribution in [2.75, 3.05) is 11.5 Å². The fourth-order valence-corrected chi connectivity index (χ4v) is 4.44. The highest BCUT2D eigenvalue weighted by molar-refractivity contribution is 7.91. The molecule has 3 N–H and O–H groups in total. The lowest BCUT2D eigenvalue weighted by atomic mass is 9.76. The molecule has 0 aliphatic carbocycles. The number of carboxylic acid groups (broad SMARTS) is 1. The van der Waals surface area contributed by atoms with Crippen molar-refractivity contribution in [2.45, 2.75) is 32.2 Å². The number of hydrogen-bond acceptors (Lipinski definition) is 4. The van der Waals surface area contributed by atoms with Crippen molar-refractivity contribution < 1.29 is 18.3 Å². The number of carboxylic acids is 1. The van der Waals surface area contributed by atoms with Gasteiger partial charge in [-0.15, -0.1) is 0 Å². The van der Waals surface area contributed by atoms with E-state index in [1.807, 2.05) is 6.92 Å². The first-order valence-electron chi connectivity index (χ1n) is 4.99. The highest BCUT2D eigenvalue weighted by Gasteiger charge is 2.47. The van der Waals surface area contributed by atoms with E-state index in [0.29, 0.717) is 12.8 Å². The van der Waals surface area contributed by atoms with E-state index in [1.165, 1.54) is 0 Å². The van der Waals surface area contributed by atoms with Crippen LogP contribution in [-0.2, 0) is 14.6 Å². The highest BCUT2D eigenvalue weighted by Crippen LogP contribution is 2.39. The summed E-state index contributed by atoms with van der Waals surface area (Å²) in [6, 6.07) is -0.356. The molecule has 1 rings (SSSR count). The predicted octanol–water partition coefficient (Wildman–Crippen LogP) is 0.00330. The summed E-state index contributed by atoms with van der Waals surface area (Å²) in [7, 11) is -3.10. The minimum absolute atomic E-state index is 0.0635. The SMILES string of the molecule is CCC(N)C1(CC(=O)O)CCS(=O)(=O)C1. The molecule has 0 spiro atoms. The molecule has 0 saturated carbocycles. The summed E-state index contributed by atoms with van der Waals surface area (Å²) in [5, 5.41) is 8.80. The molecule has 1 saturated heterocycles. The number of sulfone groups is 1. The second-order valence-corrected chi connectivity index (χ2v) is 6.47. The van der Waals surface area contributed by atoms with Crippen LogP contribution in [0.5, 0.6) is 0 Å². The van der Waals surface area contributed by atoms with Gasteiger partial charge in [-0.3, -0.25) is 4.79 Å². The summed E-state index contributed by atoms with van der Waals surface area (Å²) in [5.74, 6) is -0.994. The molecule has 88 valence electrons. The second kappa shape index (κ2) is 4.09. The molecule has 2 unspecified atom stereocenters. The Morgan fingerprint density at radius 1 is 1.60 bits per heavy atom. The topological polar surface area (TPSA) is 97.5 Å². The van der Waals surface area contributed by atoms with Crippen LogP contribution in [0.2, 0.25) is 0 Å². The molecule has 5 nitrogen and oxygen atoms in total. The number of aliphatic carboxylic acids is 1. The number of rotatable bonds is 4. The van der Waals surface area contributed by atoms with E-state index in [0.717, 1.165) is 0 Å². The van der Waals surface area contributed by atoms with Crippen LogP contribution in [0.15, 0.2) is 0 Å². The van der Waals surface area contributed by atoms with Gasteiger partial charge in [-0.25, -0.2) is 8.42 Å². The van der Waals surface area contributed by atoms with E-state index in [1.54, 1.807) is 0 Å². The molecule has 6 heteroatoms. The lowest BCUT2D eigenvalue weighted by Gasteiger charge is -2.31. The summed E-state index contributed by atoms with van der Waals surface area (Å²) in [6.45, 7) is 1.85. The van der Waals surface area contributed by atoms with Gasteiger partial charge in [0.05, 0.1) is 17.9 Å². The summed E-state index contributed by atoms with van der Waals surface area (Å²) >= 11 is 0. The minimum Gasteiger partial charge on any atom is -0.481 e. The molecular formula is C9H17NO4S. The molecule has 0 aromatic rings. The van der Waals surface area contributed by atoms with Crippen LogP contribution in [0.4, 0.5) is 0 Å². The van der Waals surface area contributed by atoms with Crippen LogP contribution in [-0.4, -0.2) is 37.0 Å². The zero-order chi connectivity index (χ0) is 11.7. The van der Waals surface area contributed by atoms with E-state index >= 15 is 0 Å². The first-order valence-corrected chi connectivity index (χ1v) is 6.81. The average Bonchev–Trinajstić information content (AvgIpc) is 2.40. The minimum atomic E-state index is -3.10. The van der Waals surface area contributed by atoms with Crippen molar-refractivity contribution in [3.05, 3.63) is 0 Å². The average molecular weight is 235 g/mol. The van der Waals surface area contributed by atoms with Gasteiger partial charge in [0.15, 0.2) is 9.84 Å². The Labute approximate surface area is 89.6 Å². The van der Waals surface area contributed by atoms with Gasteiger partial charge < -0.3 is 10.8 Å². The molecule has 1 aliphatic heterocycles. The Kier molecular flexibility index (Phi) is 3.40. The van der Waals surface area contributed by atoms with Gasteiger partial charge in [0, 0.05) is 11.5 Å². The highest BCUT2D eigenvalue weighted by atomic mass is 32.2. The van der Waals surface area contributed by atoms with Crippen molar-refractivity contribution in [3.63, 3.8) is 0 Å². The smallest absolute Gasteiger partial charge is 0.304 e. The van der Waals surface area contributed by atoms with Crippen LogP contribution in [0.1, 0.15) is 26.2 Å². The Bertz CT molecular complexity index is 351. The van der Waals surface area contributed by atoms with E-state index in [4.69, 9.17) is 10.8 Å². The quantitative estimate of drug-likeness (QED) is 0.715. The summed E-state index contributed by atoms with van der Waals surface area (Å²) in [6.07, 6.45) is 0.820. The van der Waals surface area contributed by atoms with Crippen molar-refractivity contribution >= 4 is 15.8 Å². The third-order valence-corrected chi connectivity index (χ3v) is 4.99. The molecule has 1 heterocycles. The van der Waals surface area contributed by atoms with E-state index in [9.17, 15) is 13.2 Å². The molecule has 0 aromatic carbocycles. The van der Waals surface area contributed by atoms with Crippen LogP contribution in [0.25, 0.3) is 0 Å². The van der Waals surface area contributed by atoms with Crippen LogP contribution >= 0.6 is 0 Å². The molecule has 1 aliphatic rings. The summed E-state index contributed by atoms with van der Waals surface area (Å²) in [5.41, 5.74) is 5.10. The fourth-order valence-electron chi connectivity index (χ4n) is 2.24. The van der Waals surface area contributed by atoms with E-state index in [-0.39, 0.29) is 24.0 Å². The molecule has 0 bridgehead atoms. The van der Waals surface area contributed by atoms with Gasteiger partial charge in [0.25, 0.3) is 0 Å². The molecule has 0 amide bonds. The van der Waals surface area contributed by atoms with Gasteiger partial charge in [-0.05, 0) is 12.8 Å².